The summed E-state index contributed by atoms with van der Waals surface area (Å²) in [6.45, 7) is 13.0. The van der Waals surface area contributed by atoms with Gasteiger partial charge in [-0.3, -0.25) is 0 Å². The Morgan fingerprint density at radius 1 is 0.895 bits per heavy atom. The molecule has 108 valence electrons. The molecule has 0 amide bonds. The Bertz CT molecular complexity index is 340. The molecule has 0 N–H and O–H groups in total. The molecule has 19 heavy (non-hydrogen) atoms. The van der Waals surface area contributed by atoms with E-state index >= 15 is 0 Å². The van der Waals surface area contributed by atoms with Crippen LogP contribution in [0.3, 0.4) is 0 Å². The Balaban J connectivity index is 3.92. The minimum absolute atomic E-state index is 0.223. The van der Waals surface area contributed by atoms with E-state index < -0.39 is 20.5 Å². The summed E-state index contributed by atoms with van der Waals surface area (Å²) < 4.78 is 20.2. The molecule has 0 unspecified atom stereocenters. The highest BCUT2D eigenvalue weighted by Gasteiger charge is 2.26. The topological polar surface area (TPSA) is 71.1 Å². The van der Waals surface area contributed by atoms with Crippen LogP contribution in [0.4, 0.5) is 0 Å². The molecule has 6 nitrogen and oxygen atoms in total. The largest absolute Gasteiger partial charge is 0.436 e. The fraction of sp³-hybridized carbons (Fsp3) is 0.500. The lowest BCUT2D eigenvalue weighted by molar-refractivity contribution is -0.149. The van der Waals surface area contributed by atoms with Gasteiger partial charge in [0.15, 0.2) is 13.6 Å². The van der Waals surface area contributed by atoms with Gasteiger partial charge in [0, 0.05) is 11.1 Å². The van der Waals surface area contributed by atoms with Gasteiger partial charge < -0.3 is 18.3 Å². The van der Waals surface area contributed by atoms with E-state index in [0.717, 1.165) is 0 Å². The second kappa shape index (κ2) is 7.88. The molecule has 0 aliphatic rings. The lowest BCUT2D eigenvalue weighted by Crippen LogP contribution is -2.37. The molecule has 0 saturated carbocycles. The van der Waals surface area contributed by atoms with Crippen molar-refractivity contribution in [2.45, 2.75) is 26.9 Å². The van der Waals surface area contributed by atoms with Crippen LogP contribution >= 0.6 is 0 Å². The van der Waals surface area contributed by atoms with Crippen molar-refractivity contribution in [3.63, 3.8) is 0 Å². The zero-order valence-electron chi connectivity index (χ0n) is 11.8. The Morgan fingerprint density at radius 2 is 1.21 bits per heavy atom. The van der Waals surface area contributed by atoms with E-state index in [1.54, 1.807) is 26.9 Å². The number of esters is 2. The van der Waals surface area contributed by atoms with Crippen molar-refractivity contribution in [2.75, 3.05) is 13.6 Å². The first-order valence-corrected chi connectivity index (χ1v) is 8.40. The van der Waals surface area contributed by atoms with Crippen LogP contribution in [0.25, 0.3) is 0 Å². The fourth-order valence-electron chi connectivity index (χ4n) is 0.738. The third-order valence-corrected chi connectivity index (χ3v) is 3.52. The van der Waals surface area contributed by atoms with Gasteiger partial charge >= 0.3 is 20.5 Å². The van der Waals surface area contributed by atoms with Gasteiger partial charge in [0.05, 0.1) is 0 Å². The van der Waals surface area contributed by atoms with Crippen LogP contribution in [0.15, 0.2) is 24.3 Å². The average molecular weight is 288 g/mol. The standard InChI is InChI=1S/C12H20O6Si/c1-9(2)11(13)15-7-17-19(5,6)18-8-16-12(14)10(3)4/h1,3,7-8H2,2,4-6H3. The summed E-state index contributed by atoms with van der Waals surface area (Å²) >= 11 is 0. The van der Waals surface area contributed by atoms with Crippen LogP contribution < -0.4 is 0 Å². The van der Waals surface area contributed by atoms with Crippen molar-refractivity contribution in [3.8, 4) is 0 Å². The first-order valence-electron chi connectivity index (χ1n) is 5.59. The highest BCUT2D eigenvalue weighted by Crippen LogP contribution is 2.07. The molecule has 0 aromatic rings. The van der Waals surface area contributed by atoms with Gasteiger partial charge in [0.25, 0.3) is 0 Å². The molecule has 0 bridgehead atoms. The third-order valence-electron chi connectivity index (χ3n) is 1.89. The summed E-state index contributed by atoms with van der Waals surface area (Å²) in [6, 6.07) is 0. The highest BCUT2D eigenvalue weighted by molar-refractivity contribution is 6.64. The van der Waals surface area contributed by atoms with Crippen molar-refractivity contribution in [1.82, 2.24) is 0 Å². The molecule has 0 radical (unpaired) electrons. The molecule has 0 aliphatic heterocycles. The third kappa shape index (κ3) is 8.30. The maximum absolute atomic E-state index is 11.1. The van der Waals surface area contributed by atoms with Crippen LogP contribution in [0.2, 0.25) is 13.1 Å². The molecule has 0 aromatic heterocycles. The van der Waals surface area contributed by atoms with Crippen molar-refractivity contribution in [2.24, 2.45) is 0 Å². The first kappa shape index (κ1) is 17.6. The van der Waals surface area contributed by atoms with E-state index in [1.165, 1.54) is 0 Å². The number of rotatable bonds is 8. The van der Waals surface area contributed by atoms with Gasteiger partial charge in [-0.15, -0.1) is 0 Å². The lowest BCUT2D eigenvalue weighted by atomic mass is 10.4. The van der Waals surface area contributed by atoms with E-state index in [1.807, 2.05) is 0 Å². The fourth-order valence-corrected chi connectivity index (χ4v) is 1.51. The Morgan fingerprint density at radius 3 is 1.47 bits per heavy atom. The van der Waals surface area contributed by atoms with Crippen molar-refractivity contribution in [3.05, 3.63) is 24.3 Å². The van der Waals surface area contributed by atoms with Gasteiger partial charge in [-0.05, 0) is 26.9 Å². The maximum atomic E-state index is 11.1. The summed E-state index contributed by atoms with van der Waals surface area (Å²) in [5.41, 5.74) is 0.582. The number of hydrogen-bond acceptors (Lipinski definition) is 6. The van der Waals surface area contributed by atoms with Gasteiger partial charge in [-0.1, -0.05) is 13.2 Å². The second-order valence-corrected chi connectivity index (χ2v) is 7.73. The molecule has 0 aliphatic carbocycles. The molecule has 0 fully saturated rings. The Labute approximate surface area is 114 Å². The number of hydrogen-bond donors (Lipinski definition) is 0. The number of carbonyl (C=O) groups excluding carboxylic acids is 2. The molecule has 0 aromatic carbocycles. The zero-order valence-corrected chi connectivity index (χ0v) is 12.8. The van der Waals surface area contributed by atoms with Crippen LogP contribution in [0, 0.1) is 0 Å². The second-order valence-electron chi connectivity index (χ2n) is 4.35. The SMILES string of the molecule is C=C(C)C(=O)OCO[Si](C)(C)OCOC(=O)C(=C)C. The monoisotopic (exact) mass is 288 g/mol. The lowest BCUT2D eigenvalue weighted by Gasteiger charge is -2.22. The summed E-state index contributed by atoms with van der Waals surface area (Å²) in [4.78, 5) is 22.2. The summed E-state index contributed by atoms with van der Waals surface area (Å²) in [5.74, 6) is -1.06. The van der Waals surface area contributed by atoms with Gasteiger partial charge in [0.2, 0.25) is 0 Å². The molecule has 0 heterocycles. The molecular weight excluding hydrogens is 268 g/mol. The van der Waals surface area contributed by atoms with Crippen LogP contribution in [0.5, 0.6) is 0 Å². The van der Waals surface area contributed by atoms with Crippen molar-refractivity contribution in [1.29, 1.82) is 0 Å². The molecule has 0 spiro atoms. The van der Waals surface area contributed by atoms with Gasteiger partial charge in [-0.25, -0.2) is 9.59 Å². The van der Waals surface area contributed by atoms with E-state index in [4.69, 9.17) is 18.3 Å². The smallest absolute Gasteiger partial charge is 0.336 e. The molecule has 7 heteroatoms. The zero-order chi connectivity index (χ0) is 15.1. The van der Waals surface area contributed by atoms with Crippen molar-refractivity contribution < 1.29 is 27.9 Å². The quantitative estimate of drug-likeness (QED) is 0.294. The number of ether oxygens (including phenoxy) is 2. The van der Waals surface area contributed by atoms with E-state index in [-0.39, 0.29) is 13.6 Å². The molecule has 0 rings (SSSR count). The molecular formula is C12H20O6Si. The van der Waals surface area contributed by atoms with E-state index in [2.05, 4.69) is 13.2 Å². The van der Waals surface area contributed by atoms with E-state index in [0.29, 0.717) is 11.1 Å². The summed E-state index contributed by atoms with van der Waals surface area (Å²) in [7, 11) is -2.52. The minimum atomic E-state index is -2.52. The maximum Gasteiger partial charge on any atom is 0.336 e. The van der Waals surface area contributed by atoms with Crippen LogP contribution in [0.1, 0.15) is 13.8 Å². The van der Waals surface area contributed by atoms with Crippen LogP contribution in [-0.2, 0) is 27.9 Å². The normalized spacial score (nSPS) is 10.7. The van der Waals surface area contributed by atoms with E-state index in [9.17, 15) is 9.59 Å². The van der Waals surface area contributed by atoms with Crippen molar-refractivity contribution >= 4 is 20.5 Å². The number of carbonyl (C=O) groups is 2. The predicted octanol–water partition coefficient (Wildman–Crippen LogP) is 1.87. The predicted molar refractivity (Wildman–Crippen MR) is 71.2 cm³/mol. The Kier molecular flexibility index (Phi) is 7.28. The highest BCUT2D eigenvalue weighted by atomic mass is 28.4. The van der Waals surface area contributed by atoms with Gasteiger partial charge in [-0.2, -0.15) is 0 Å². The summed E-state index contributed by atoms with van der Waals surface area (Å²) in [5, 5.41) is 0. The van der Waals surface area contributed by atoms with Gasteiger partial charge in [0.1, 0.15) is 0 Å². The molecule has 0 saturated heterocycles. The Hall–Kier alpha value is -1.44. The molecule has 0 atom stereocenters. The first-order chi connectivity index (χ1) is 8.65. The minimum Gasteiger partial charge on any atom is -0.436 e. The summed E-state index contributed by atoms with van der Waals surface area (Å²) in [6.07, 6.45) is 0. The average Bonchev–Trinajstić information content (AvgIpc) is 2.27. The van der Waals surface area contributed by atoms with Crippen LogP contribution in [-0.4, -0.2) is 34.1 Å².